The highest BCUT2D eigenvalue weighted by Gasteiger charge is 2.19. The van der Waals surface area contributed by atoms with Gasteiger partial charge in [0.15, 0.2) is 6.10 Å². The molecule has 0 amide bonds. The summed E-state index contributed by atoms with van der Waals surface area (Å²) in [6.45, 7) is 3.10. The number of aromatic amines is 1. The molecule has 0 aliphatic heterocycles. The first-order valence-corrected chi connectivity index (χ1v) is 7.46. The van der Waals surface area contributed by atoms with Crippen LogP contribution in [-0.2, 0) is 4.79 Å². The Balaban J connectivity index is 2.69. The fraction of sp³-hybridized carbons (Fsp3) is 0.188. The summed E-state index contributed by atoms with van der Waals surface area (Å²) in [5.74, 6) is -0.828. The molecule has 6 nitrogen and oxygen atoms in total. The number of H-pyrrole nitrogens is 1. The zero-order chi connectivity index (χ0) is 17.1. The van der Waals surface area contributed by atoms with E-state index in [2.05, 4.69) is 20.9 Å². The highest BCUT2D eigenvalue weighted by molar-refractivity contribution is 9.10. The molecule has 2 rings (SSSR count). The van der Waals surface area contributed by atoms with E-state index in [1.165, 1.54) is 6.92 Å². The lowest BCUT2D eigenvalue weighted by Crippen LogP contribution is -2.23. The molecule has 0 aliphatic rings. The number of nitrogens with zero attached hydrogens (tertiary/aromatic N) is 1. The van der Waals surface area contributed by atoms with Crippen LogP contribution in [0.25, 0.3) is 11.1 Å². The Labute approximate surface area is 140 Å². The van der Waals surface area contributed by atoms with Gasteiger partial charge in [-0.05, 0) is 38.1 Å². The van der Waals surface area contributed by atoms with E-state index in [-0.39, 0.29) is 11.3 Å². The Morgan fingerprint density at radius 1 is 1.39 bits per heavy atom. The van der Waals surface area contributed by atoms with Crippen LogP contribution in [-0.4, -0.2) is 22.2 Å². The number of nitriles is 1. The topological polar surface area (TPSA) is 103 Å². The number of aromatic nitrogens is 1. The molecule has 2 N–H and O–H groups in total. The Morgan fingerprint density at radius 2 is 2.09 bits per heavy atom. The lowest BCUT2D eigenvalue weighted by Gasteiger charge is -2.16. The first-order valence-electron chi connectivity index (χ1n) is 6.67. The van der Waals surface area contributed by atoms with Gasteiger partial charge in [0.1, 0.15) is 17.4 Å². The van der Waals surface area contributed by atoms with Gasteiger partial charge in [0, 0.05) is 21.3 Å². The summed E-state index contributed by atoms with van der Waals surface area (Å²) < 4.78 is 6.17. The number of rotatable bonds is 4. The van der Waals surface area contributed by atoms with Gasteiger partial charge in [0.25, 0.3) is 5.56 Å². The summed E-state index contributed by atoms with van der Waals surface area (Å²) in [6.07, 6.45) is -1.07. The number of carboxylic acids is 1. The van der Waals surface area contributed by atoms with Gasteiger partial charge < -0.3 is 14.8 Å². The van der Waals surface area contributed by atoms with Crippen molar-refractivity contribution in [1.82, 2.24) is 4.98 Å². The molecule has 7 heteroatoms. The zero-order valence-corrected chi connectivity index (χ0v) is 14.0. The van der Waals surface area contributed by atoms with Crippen LogP contribution in [0.1, 0.15) is 18.2 Å². The lowest BCUT2D eigenvalue weighted by molar-refractivity contribution is -0.144. The number of pyridine rings is 1. The van der Waals surface area contributed by atoms with Gasteiger partial charge in [-0.2, -0.15) is 5.26 Å². The third-order valence-electron chi connectivity index (χ3n) is 3.16. The minimum atomic E-state index is -1.11. The third kappa shape index (κ3) is 3.60. The van der Waals surface area contributed by atoms with Gasteiger partial charge in [0.05, 0.1) is 0 Å². The van der Waals surface area contributed by atoms with Crippen LogP contribution in [0, 0.1) is 18.3 Å². The van der Waals surface area contributed by atoms with Crippen LogP contribution in [0.5, 0.6) is 5.75 Å². The number of aryl methyl sites for hydroxylation is 1. The molecule has 1 aromatic heterocycles. The highest BCUT2D eigenvalue weighted by atomic mass is 79.9. The van der Waals surface area contributed by atoms with E-state index in [4.69, 9.17) is 9.84 Å². The second-order valence-electron chi connectivity index (χ2n) is 4.92. The minimum Gasteiger partial charge on any atom is -0.479 e. The second-order valence-corrected chi connectivity index (χ2v) is 5.84. The van der Waals surface area contributed by atoms with E-state index < -0.39 is 17.6 Å². The van der Waals surface area contributed by atoms with Crippen molar-refractivity contribution in [3.05, 3.63) is 50.3 Å². The fourth-order valence-electron chi connectivity index (χ4n) is 2.07. The van der Waals surface area contributed by atoms with Crippen molar-refractivity contribution in [1.29, 1.82) is 5.26 Å². The minimum absolute atomic E-state index is 0.0541. The number of nitrogens with one attached hydrogen (secondary N) is 1. The van der Waals surface area contributed by atoms with Crippen LogP contribution in [0.4, 0.5) is 0 Å². The number of hydrogen-bond donors (Lipinski definition) is 2. The highest BCUT2D eigenvalue weighted by Crippen LogP contribution is 2.34. The largest absolute Gasteiger partial charge is 0.479 e. The molecule has 2 aromatic rings. The Hall–Kier alpha value is -2.59. The smallest absolute Gasteiger partial charge is 0.344 e. The molecular weight excluding hydrogens is 364 g/mol. The molecule has 0 saturated carbocycles. The molecule has 118 valence electrons. The van der Waals surface area contributed by atoms with E-state index in [0.29, 0.717) is 21.3 Å². The van der Waals surface area contributed by atoms with Crippen LogP contribution in [0.2, 0.25) is 0 Å². The monoisotopic (exact) mass is 376 g/mol. The summed E-state index contributed by atoms with van der Waals surface area (Å²) in [7, 11) is 0. The van der Waals surface area contributed by atoms with Gasteiger partial charge >= 0.3 is 5.97 Å². The Bertz CT molecular complexity index is 867. The first-order chi connectivity index (χ1) is 10.8. The number of hydrogen-bond acceptors (Lipinski definition) is 4. The maximum atomic E-state index is 12.0. The maximum Gasteiger partial charge on any atom is 0.344 e. The molecule has 1 atom stereocenters. The molecule has 1 aromatic carbocycles. The van der Waals surface area contributed by atoms with Crippen LogP contribution in [0.3, 0.4) is 0 Å². The number of benzene rings is 1. The molecule has 0 fully saturated rings. The first kappa shape index (κ1) is 16.8. The van der Waals surface area contributed by atoms with Crippen molar-refractivity contribution in [3.63, 3.8) is 0 Å². The van der Waals surface area contributed by atoms with Gasteiger partial charge in [0.2, 0.25) is 0 Å². The Kier molecular flexibility index (Phi) is 4.86. The third-order valence-corrected chi connectivity index (χ3v) is 3.66. The zero-order valence-electron chi connectivity index (χ0n) is 12.4. The van der Waals surface area contributed by atoms with Crippen LogP contribution >= 0.6 is 15.9 Å². The Morgan fingerprint density at radius 3 is 2.70 bits per heavy atom. The predicted octanol–water partition coefficient (Wildman–Crippen LogP) is 2.84. The van der Waals surface area contributed by atoms with Crippen molar-refractivity contribution in [2.24, 2.45) is 0 Å². The van der Waals surface area contributed by atoms with E-state index in [9.17, 15) is 14.9 Å². The molecule has 1 unspecified atom stereocenters. The number of aliphatic carboxylic acids is 1. The van der Waals surface area contributed by atoms with Crippen molar-refractivity contribution in [3.8, 4) is 22.9 Å². The maximum absolute atomic E-state index is 12.0. The van der Waals surface area contributed by atoms with E-state index in [1.807, 2.05) is 6.07 Å². The quantitative estimate of drug-likeness (QED) is 0.853. The van der Waals surface area contributed by atoms with Crippen molar-refractivity contribution in [2.45, 2.75) is 20.0 Å². The lowest BCUT2D eigenvalue weighted by atomic mass is 10.00. The van der Waals surface area contributed by atoms with Gasteiger partial charge in [-0.3, -0.25) is 4.79 Å². The summed E-state index contributed by atoms with van der Waals surface area (Å²) in [5.41, 5.74) is 0.892. The van der Waals surface area contributed by atoms with Crippen LogP contribution < -0.4 is 10.3 Å². The second kappa shape index (κ2) is 6.67. The van der Waals surface area contributed by atoms with Gasteiger partial charge in [-0.15, -0.1) is 0 Å². The molecule has 0 aliphatic carbocycles. The molecular formula is C16H13BrN2O4. The standard InChI is InChI=1S/C16H13BrN2O4/c1-8-5-11(13(7-18)15(20)19-8)12-6-10(17)3-4-14(12)23-9(2)16(21)22/h3-6,9H,1-2H3,(H,19,20)(H,21,22). The van der Waals surface area contributed by atoms with E-state index >= 15 is 0 Å². The summed E-state index contributed by atoms with van der Waals surface area (Å²) in [6, 6.07) is 8.50. The van der Waals surface area contributed by atoms with Gasteiger partial charge in [-0.25, -0.2) is 4.79 Å². The average Bonchev–Trinajstić information content (AvgIpc) is 2.48. The molecule has 0 spiro atoms. The SMILES string of the molecule is Cc1cc(-c2cc(Br)ccc2OC(C)C(=O)O)c(C#N)c(=O)[nH]1. The number of halogens is 1. The molecule has 0 bridgehead atoms. The normalized spacial score (nSPS) is 11.6. The summed E-state index contributed by atoms with van der Waals surface area (Å²) in [5, 5.41) is 18.3. The number of carbonyl (C=O) groups is 1. The average molecular weight is 377 g/mol. The number of ether oxygens (including phenoxy) is 1. The molecule has 1 heterocycles. The molecule has 0 radical (unpaired) electrons. The number of carboxylic acid groups (broad SMARTS) is 1. The summed E-state index contributed by atoms with van der Waals surface area (Å²) in [4.78, 5) is 25.5. The van der Waals surface area contributed by atoms with E-state index in [1.54, 1.807) is 31.2 Å². The molecule has 0 saturated heterocycles. The summed E-state index contributed by atoms with van der Waals surface area (Å²) >= 11 is 3.33. The van der Waals surface area contributed by atoms with Crippen molar-refractivity contribution in [2.75, 3.05) is 0 Å². The predicted molar refractivity (Wildman–Crippen MR) is 87.4 cm³/mol. The molecule has 23 heavy (non-hydrogen) atoms. The van der Waals surface area contributed by atoms with Crippen molar-refractivity contribution < 1.29 is 14.6 Å². The van der Waals surface area contributed by atoms with Gasteiger partial charge in [-0.1, -0.05) is 15.9 Å². The van der Waals surface area contributed by atoms with Crippen molar-refractivity contribution >= 4 is 21.9 Å². The van der Waals surface area contributed by atoms with E-state index in [0.717, 1.165) is 0 Å². The fourth-order valence-corrected chi connectivity index (χ4v) is 2.43. The van der Waals surface area contributed by atoms with Crippen LogP contribution in [0.15, 0.2) is 33.5 Å².